The van der Waals surface area contributed by atoms with Gasteiger partial charge in [-0.25, -0.2) is 0 Å². The molecule has 0 saturated carbocycles. The van der Waals surface area contributed by atoms with Crippen molar-refractivity contribution in [1.29, 1.82) is 0 Å². The Hall–Kier alpha value is -4.66. The van der Waals surface area contributed by atoms with Crippen LogP contribution in [0, 0.1) is 10.1 Å². The van der Waals surface area contributed by atoms with E-state index in [0.717, 1.165) is 5.56 Å². The molecule has 0 aliphatic carbocycles. The highest BCUT2D eigenvalue weighted by Gasteiger charge is 2.46. The topological polar surface area (TPSA) is 119 Å². The van der Waals surface area contributed by atoms with Gasteiger partial charge in [-0.2, -0.15) is 0 Å². The van der Waals surface area contributed by atoms with E-state index >= 15 is 0 Å². The van der Waals surface area contributed by atoms with Crippen LogP contribution in [0.4, 0.5) is 5.69 Å². The molecule has 1 aliphatic rings. The molecule has 0 radical (unpaired) electrons. The molecule has 1 heterocycles. The lowest BCUT2D eigenvalue weighted by Crippen LogP contribution is -2.29. The summed E-state index contributed by atoms with van der Waals surface area (Å²) in [5.74, 6) is -0.713. The average molecular weight is 488 g/mol. The number of carbonyl (C=O) groups is 2. The van der Waals surface area contributed by atoms with E-state index in [1.54, 1.807) is 36.4 Å². The fraction of sp³-hybridized carbons (Fsp3) is 0.185. The highest BCUT2D eigenvalue weighted by Crippen LogP contribution is 2.41. The molecule has 9 heteroatoms. The Morgan fingerprint density at radius 3 is 2.14 bits per heavy atom. The fourth-order valence-electron chi connectivity index (χ4n) is 4.13. The number of likely N-dealkylation sites (tertiary alicyclic amines) is 1. The molecule has 0 bridgehead atoms. The van der Waals surface area contributed by atoms with E-state index in [-0.39, 0.29) is 23.4 Å². The largest absolute Gasteiger partial charge is 0.507 e. The number of hydrogen-bond donors (Lipinski definition) is 1. The van der Waals surface area contributed by atoms with E-state index in [9.17, 15) is 24.8 Å². The smallest absolute Gasteiger partial charge is 0.295 e. The Balaban J connectivity index is 1.78. The standard InChI is InChI=1S/C27H24N2O7/c1-3-36-22-12-4-17(5-13-22)16-28-24(18-8-14-21(35-2)15-9-18)23(26(31)27(28)32)25(30)19-6-10-20(11-7-19)29(33)34/h4-15,24,30H,3,16H2,1-2H3/b25-23-. The van der Waals surface area contributed by atoms with Crippen LogP contribution in [0.15, 0.2) is 78.4 Å². The van der Waals surface area contributed by atoms with E-state index in [2.05, 4.69) is 0 Å². The molecule has 9 nitrogen and oxygen atoms in total. The molecule has 1 fully saturated rings. The Labute approximate surface area is 207 Å². The van der Waals surface area contributed by atoms with Gasteiger partial charge in [0.15, 0.2) is 0 Å². The minimum Gasteiger partial charge on any atom is -0.507 e. The van der Waals surface area contributed by atoms with Gasteiger partial charge in [0.1, 0.15) is 17.3 Å². The lowest BCUT2D eigenvalue weighted by Gasteiger charge is -2.25. The van der Waals surface area contributed by atoms with Crippen LogP contribution in [0.3, 0.4) is 0 Å². The predicted molar refractivity (Wildman–Crippen MR) is 132 cm³/mol. The van der Waals surface area contributed by atoms with E-state index < -0.39 is 28.4 Å². The second-order valence-corrected chi connectivity index (χ2v) is 8.08. The average Bonchev–Trinajstić information content (AvgIpc) is 3.14. The predicted octanol–water partition coefficient (Wildman–Crippen LogP) is 4.62. The molecule has 1 unspecified atom stereocenters. The van der Waals surface area contributed by atoms with Gasteiger partial charge >= 0.3 is 0 Å². The number of aliphatic hydroxyl groups is 1. The van der Waals surface area contributed by atoms with E-state index in [1.165, 1.54) is 36.3 Å². The maximum absolute atomic E-state index is 13.2. The van der Waals surface area contributed by atoms with Crippen LogP contribution in [0.1, 0.15) is 29.7 Å². The zero-order chi connectivity index (χ0) is 25.8. The Bertz CT molecular complexity index is 1310. The minimum atomic E-state index is -0.877. The molecule has 36 heavy (non-hydrogen) atoms. The van der Waals surface area contributed by atoms with Crippen LogP contribution < -0.4 is 9.47 Å². The molecular weight excluding hydrogens is 464 g/mol. The van der Waals surface area contributed by atoms with Crippen molar-refractivity contribution in [3.05, 3.63) is 105 Å². The molecule has 1 amide bonds. The highest BCUT2D eigenvalue weighted by atomic mass is 16.6. The summed E-state index contributed by atoms with van der Waals surface area (Å²) in [6, 6.07) is 18.3. The normalized spacial score (nSPS) is 16.7. The summed E-state index contributed by atoms with van der Waals surface area (Å²) in [5, 5.41) is 22.1. The van der Waals surface area contributed by atoms with Crippen LogP contribution in [-0.2, 0) is 16.1 Å². The summed E-state index contributed by atoms with van der Waals surface area (Å²) in [7, 11) is 1.53. The third-order valence-corrected chi connectivity index (χ3v) is 5.91. The number of rotatable bonds is 8. The molecule has 0 spiro atoms. The van der Waals surface area contributed by atoms with Crippen molar-refractivity contribution in [2.24, 2.45) is 0 Å². The van der Waals surface area contributed by atoms with Crippen LogP contribution in [0.5, 0.6) is 11.5 Å². The number of Topliss-reactive ketones (excluding diaryl/α,β-unsaturated/α-hetero) is 1. The van der Waals surface area contributed by atoms with Gasteiger partial charge in [0.25, 0.3) is 17.4 Å². The van der Waals surface area contributed by atoms with Crippen molar-refractivity contribution in [2.75, 3.05) is 13.7 Å². The van der Waals surface area contributed by atoms with E-state index in [0.29, 0.717) is 23.7 Å². The SMILES string of the molecule is CCOc1ccc(CN2C(=O)C(=O)/C(=C(\O)c3ccc([N+](=O)[O-])cc3)C2c2ccc(OC)cc2)cc1. The third-order valence-electron chi connectivity index (χ3n) is 5.91. The molecule has 1 aliphatic heterocycles. The number of hydrogen-bond acceptors (Lipinski definition) is 7. The number of nitro benzene ring substituents is 1. The first kappa shape index (κ1) is 24.5. The molecule has 3 aromatic rings. The molecule has 3 aromatic carbocycles. The van der Waals surface area contributed by atoms with Crippen LogP contribution in [0.25, 0.3) is 5.76 Å². The monoisotopic (exact) mass is 488 g/mol. The maximum Gasteiger partial charge on any atom is 0.295 e. The van der Waals surface area contributed by atoms with Crippen molar-refractivity contribution in [1.82, 2.24) is 4.90 Å². The van der Waals surface area contributed by atoms with Gasteiger partial charge in [-0.15, -0.1) is 0 Å². The summed E-state index contributed by atoms with van der Waals surface area (Å²) in [5.41, 5.74) is 1.32. The van der Waals surface area contributed by atoms with Crippen molar-refractivity contribution >= 4 is 23.1 Å². The molecule has 0 aromatic heterocycles. The zero-order valence-electron chi connectivity index (χ0n) is 19.7. The molecule has 1 saturated heterocycles. The van der Waals surface area contributed by atoms with E-state index in [1.807, 2.05) is 19.1 Å². The minimum absolute atomic E-state index is 0.0926. The van der Waals surface area contributed by atoms with Crippen molar-refractivity contribution in [2.45, 2.75) is 19.5 Å². The Kier molecular flexibility index (Phi) is 7.00. The number of non-ortho nitro benzene ring substituents is 1. The number of amides is 1. The summed E-state index contributed by atoms with van der Waals surface area (Å²) in [6.45, 7) is 2.52. The van der Waals surface area contributed by atoms with Gasteiger partial charge in [0, 0.05) is 24.2 Å². The van der Waals surface area contributed by atoms with Crippen LogP contribution >= 0.6 is 0 Å². The molecule has 184 valence electrons. The number of methoxy groups -OCH3 is 1. The van der Waals surface area contributed by atoms with Gasteiger partial charge in [-0.1, -0.05) is 24.3 Å². The fourth-order valence-corrected chi connectivity index (χ4v) is 4.13. The van der Waals surface area contributed by atoms with Crippen molar-refractivity contribution in [3.63, 3.8) is 0 Å². The van der Waals surface area contributed by atoms with Gasteiger partial charge in [0.2, 0.25) is 0 Å². The Morgan fingerprint density at radius 2 is 1.58 bits per heavy atom. The second-order valence-electron chi connectivity index (χ2n) is 8.08. The van der Waals surface area contributed by atoms with Gasteiger partial charge in [-0.05, 0) is 54.4 Å². The molecule has 1 N–H and O–H groups in total. The first-order chi connectivity index (χ1) is 17.3. The molecule has 1 atom stereocenters. The van der Waals surface area contributed by atoms with Gasteiger partial charge < -0.3 is 19.5 Å². The van der Waals surface area contributed by atoms with Crippen LogP contribution in [0.2, 0.25) is 0 Å². The molecular formula is C27H24N2O7. The summed E-state index contributed by atoms with van der Waals surface area (Å²) in [6.07, 6.45) is 0. The number of nitrogens with zero attached hydrogens (tertiary/aromatic N) is 2. The number of nitro groups is 1. The second kappa shape index (κ2) is 10.3. The third kappa shape index (κ3) is 4.76. The maximum atomic E-state index is 13.2. The van der Waals surface area contributed by atoms with Crippen molar-refractivity contribution < 1.29 is 29.1 Å². The van der Waals surface area contributed by atoms with Gasteiger partial charge in [0.05, 0.1) is 30.3 Å². The summed E-state index contributed by atoms with van der Waals surface area (Å²) < 4.78 is 10.7. The highest BCUT2D eigenvalue weighted by molar-refractivity contribution is 6.46. The number of ketones is 1. The van der Waals surface area contributed by atoms with Crippen LogP contribution in [-0.4, -0.2) is 40.3 Å². The lowest BCUT2D eigenvalue weighted by molar-refractivity contribution is -0.384. The number of ether oxygens (including phenoxy) is 2. The first-order valence-electron chi connectivity index (χ1n) is 11.2. The van der Waals surface area contributed by atoms with E-state index in [4.69, 9.17) is 9.47 Å². The quantitative estimate of drug-likeness (QED) is 0.161. The zero-order valence-corrected chi connectivity index (χ0v) is 19.7. The summed E-state index contributed by atoms with van der Waals surface area (Å²) >= 11 is 0. The Morgan fingerprint density at radius 1 is 0.972 bits per heavy atom. The lowest BCUT2D eigenvalue weighted by atomic mass is 9.95. The number of carbonyl (C=O) groups excluding carboxylic acids is 2. The van der Waals surface area contributed by atoms with Gasteiger partial charge in [-0.3, -0.25) is 19.7 Å². The molecule has 4 rings (SSSR count). The first-order valence-corrected chi connectivity index (χ1v) is 11.2. The summed E-state index contributed by atoms with van der Waals surface area (Å²) in [4.78, 5) is 38.2. The number of benzene rings is 3. The number of aliphatic hydroxyl groups excluding tert-OH is 1. The van der Waals surface area contributed by atoms with Crippen molar-refractivity contribution in [3.8, 4) is 11.5 Å².